The zero-order chi connectivity index (χ0) is 20.5. The Kier molecular flexibility index (Phi) is 4.36. The molecule has 1 N–H and O–H groups in total. The Morgan fingerprint density at radius 3 is 2.31 bits per heavy atom. The molecule has 0 spiro atoms. The molecule has 0 unspecified atom stereocenters. The van der Waals surface area contributed by atoms with Crippen LogP contribution in [0.15, 0.2) is 72.8 Å². The van der Waals surface area contributed by atoms with Gasteiger partial charge in [-0.15, -0.1) is 0 Å². The number of nitrogens with one attached hydrogen (secondary N) is 1. The van der Waals surface area contributed by atoms with E-state index in [1.807, 2.05) is 0 Å². The molecular formula is C21H13N3O5. The highest BCUT2D eigenvalue weighted by Crippen LogP contribution is 2.31. The number of rotatable bonds is 4. The molecule has 0 aromatic heterocycles. The first-order valence-corrected chi connectivity index (χ1v) is 8.59. The van der Waals surface area contributed by atoms with E-state index in [2.05, 4.69) is 5.32 Å². The number of nitrogens with zero attached hydrogens (tertiary/aromatic N) is 2. The average Bonchev–Trinajstić information content (AvgIpc) is 2.98. The van der Waals surface area contributed by atoms with Crippen LogP contribution in [0.25, 0.3) is 0 Å². The summed E-state index contributed by atoms with van der Waals surface area (Å²) in [5, 5.41) is 13.7. The standard InChI is InChI=1S/C21H13N3O5/c25-19(13-5-2-1-3-6-13)22-14-9-10-17-18(11-14)21(27)23(20(17)26)15-7-4-8-16(12-15)24(28)29/h1-12H,(H,22,25). The number of hydrogen-bond donors (Lipinski definition) is 1. The molecule has 0 saturated heterocycles. The van der Waals surface area contributed by atoms with Gasteiger partial charge in [-0.3, -0.25) is 24.5 Å². The first-order chi connectivity index (χ1) is 14.0. The van der Waals surface area contributed by atoms with Gasteiger partial charge in [0.1, 0.15) is 0 Å². The number of nitro groups is 1. The van der Waals surface area contributed by atoms with E-state index in [1.165, 1.54) is 42.5 Å². The summed E-state index contributed by atoms with van der Waals surface area (Å²) in [6, 6.07) is 18.3. The maximum atomic E-state index is 12.8. The second-order valence-corrected chi connectivity index (χ2v) is 6.30. The summed E-state index contributed by atoms with van der Waals surface area (Å²) < 4.78 is 0. The third kappa shape index (κ3) is 3.23. The van der Waals surface area contributed by atoms with Crippen LogP contribution in [0, 0.1) is 10.1 Å². The molecule has 8 nitrogen and oxygen atoms in total. The zero-order valence-electron chi connectivity index (χ0n) is 14.9. The van der Waals surface area contributed by atoms with Crippen molar-refractivity contribution in [3.63, 3.8) is 0 Å². The topological polar surface area (TPSA) is 110 Å². The second-order valence-electron chi connectivity index (χ2n) is 6.30. The Morgan fingerprint density at radius 2 is 1.59 bits per heavy atom. The van der Waals surface area contributed by atoms with Crippen molar-refractivity contribution in [2.75, 3.05) is 10.2 Å². The fraction of sp³-hybridized carbons (Fsp3) is 0. The molecule has 29 heavy (non-hydrogen) atoms. The molecule has 0 atom stereocenters. The first-order valence-electron chi connectivity index (χ1n) is 8.59. The van der Waals surface area contributed by atoms with Crippen molar-refractivity contribution in [1.29, 1.82) is 0 Å². The van der Waals surface area contributed by atoms with Crippen LogP contribution in [0.1, 0.15) is 31.1 Å². The van der Waals surface area contributed by atoms with E-state index in [9.17, 15) is 24.5 Å². The number of non-ortho nitro benzene ring substituents is 1. The summed E-state index contributed by atoms with van der Waals surface area (Å²) in [5.74, 6) is -1.54. The highest BCUT2D eigenvalue weighted by Gasteiger charge is 2.37. The molecule has 0 bridgehead atoms. The number of carbonyl (C=O) groups is 3. The summed E-state index contributed by atoms with van der Waals surface area (Å²) >= 11 is 0. The molecule has 0 radical (unpaired) electrons. The van der Waals surface area contributed by atoms with Crippen molar-refractivity contribution in [3.05, 3.63) is 99.6 Å². The molecule has 0 fully saturated rings. The van der Waals surface area contributed by atoms with Gasteiger partial charge in [0.15, 0.2) is 0 Å². The fourth-order valence-electron chi connectivity index (χ4n) is 3.09. The Labute approximate surface area is 164 Å². The van der Waals surface area contributed by atoms with Crippen molar-refractivity contribution in [1.82, 2.24) is 0 Å². The SMILES string of the molecule is O=C(Nc1ccc2c(c1)C(=O)N(c1cccc([N+](=O)[O-])c1)C2=O)c1ccccc1. The summed E-state index contributed by atoms with van der Waals surface area (Å²) in [6.07, 6.45) is 0. The van der Waals surface area contributed by atoms with Gasteiger partial charge >= 0.3 is 0 Å². The van der Waals surface area contributed by atoms with Crippen LogP contribution in [-0.4, -0.2) is 22.6 Å². The van der Waals surface area contributed by atoms with E-state index in [1.54, 1.807) is 30.3 Å². The quantitative estimate of drug-likeness (QED) is 0.417. The Balaban J connectivity index is 1.64. The predicted molar refractivity (Wildman–Crippen MR) is 105 cm³/mol. The van der Waals surface area contributed by atoms with Crippen LogP contribution >= 0.6 is 0 Å². The number of hydrogen-bond acceptors (Lipinski definition) is 5. The van der Waals surface area contributed by atoms with Crippen LogP contribution in [-0.2, 0) is 0 Å². The minimum absolute atomic E-state index is 0.111. The Bertz CT molecular complexity index is 1170. The van der Waals surface area contributed by atoms with E-state index in [0.717, 1.165) is 4.90 Å². The average molecular weight is 387 g/mol. The molecule has 142 valence electrons. The van der Waals surface area contributed by atoms with Gasteiger partial charge in [-0.05, 0) is 36.4 Å². The highest BCUT2D eigenvalue weighted by atomic mass is 16.6. The third-order valence-corrected chi connectivity index (χ3v) is 4.48. The number of anilines is 2. The number of nitro benzene ring substituents is 1. The smallest absolute Gasteiger partial charge is 0.271 e. The van der Waals surface area contributed by atoms with Crippen LogP contribution in [0.3, 0.4) is 0 Å². The van der Waals surface area contributed by atoms with Gasteiger partial charge < -0.3 is 5.32 Å². The third-order valence-electron chi connectivity index (χ3n) is 4.48. The Hall–Kier alpha value is -4.33. The molecular weight excluding hydrogens is 374 g/mol. The molecule has 8 heteroatoms. The number of imide groups is 1. The lowest BCUT2D eigenvalue weighted by Gasteiger charge is -2.13. The number of benzene rings is 3. The number of fused-ring (bicyclic) bond motifs is 1. The van der Waals surface area contributed by atoms with Crippen LogP contribution in [0.4, 0.5) is 17.1 Å². The largest absolute Gasteiger partial charge is 0.322 e. The minimum atomic E-state index is -0.610. The molecule has 3 amide bonds. The summed E-state index contributed by atoms with van der Waals surface area (Å²) in [6.45, 7) is 0. The fourth-order valence-corrected chi connectivity index (χ4v) is 3.09. The van der Waals surface area contributed by atoms with Gasteiger partial charge in [0.25, 0.3) is 23.4 Å². The van der Waals surface area contributed by atoms with Gasteiger partial charge in [0.2, 0.25) is 0 Å². The van der Waals surface area contributed by atoms with Crippen molar-refractivity contribution >= 4 is 34.8 Å². The van der Waals surface area contributed by atoms with E-state index in [-0.39, 0.29) is 28.4 Å². The van der Waals surface area contributed by atoms with Gasteiger partial charge in [-0.1, -0.05) is 24.3 Å². The maximum Gasteiger partial charge on any atom is 0.271 e. The van der Waals surface area contributed by atoms with Gasteiger partial charge in [-0.25, -0.2) is 4.90 Å². The first kappa shape index (κ1) is 18.1. The monoisotopic (exact) mass is 387 g/mol. The summed E-state index contributed by atoms with van der Waals surface area (Å²) in [5.41, 5.74) is 0.981. The molecule has 4 rings (SSSR count). The normalized spacial score (nSPS) is 12.6. The van der Waals surface area contributed by atoms with Crippen molar-refractivity contribution in [2.45, 2.75) is 0 Å². The summed E-state index contributed by atoms with van der Waals surface area (Å²) in [7, 11) is 0. The van der Waals surface area contributed by atoms with E-state index < -0.39 is 16.7 Å². The van der Waals surface area contributed by atoms with Crippen molar-refractivity contribution in [2.24, 2.45) is 0 Å². The van der Waals surface area contributed by atoms with E-state index in [0.29, 0.717) is 11.3 Å². The molecule has 1 aliphatic rings. The van der Waals surface area contributed by atoms with Crippen LogP contribution in [0.2, 0.25) is 0 Å². The van der Waals surface area contributed by atoms with Gasteiger partial charge in [-0.2, -0.15) is 0 Å². The van der Waals surface area contributed by atoms with Gasteiger partial charge in [0.05, 0.1) is 21.7 Å². The van der Waals surface area contributed by atoms with E-state index in [4.69, 9.17) is 0 Å². The Morgan fingerprint density at radius 1 is 0.862 bits per heavy atom. The predicted octanol–water partition coefficient (Wildman–Crippen LogP) is 3.65. The van der Waals surface area contributed by atoms with E-state index >= 15 is 0 Å². The van der Waals surface area contributed by atoms with Crippen LogP contribution < -0.4 is 10.2 Å². The molecule has 3 aromatic carbocycles. The minimum Gasteiger partial charge on any atom is -0.322 e. The lowest BCUT2D eigenvalue weighted by Crippen LogP contribution is -2.29. The number of carbonyl (C=O) groups excluding carboxylic acids is 3. The lowest BCUT2D eigenvalue weighted by molar-refractivity contribution is -0.384. The molecule has 1 heterocycles. The maximum absolute atomic E-state index is 12.8. The molecule has 3 aromatic rings. The number of amides is 3. The molecule has 1 aliphatic heterocycles. The van der Waals surface area contributed by atoms with Crippen molar-refractivity contribution < 1.29 is 19.3 Å². The van der Waals surface area contributed by atoms with Crippen molar-refractivity contribution in [3.8, 4) is 0 Å². The summed E-state index contributed by atoms with van der Waals surface area (Å²) in [4.78, 5) is 49.1. The molecule has 0 saturated carbocycles. The highest BCUT2D eigenvalue weighted by molar-refractivity contribution is 6.34. The lowest BCUT2D eigenvalue weighted by atomic mass is 10.1. The van der Waals surface area contributed by atoms with Crippen LogP contribution in [0.5, 0.6) is 0 Å². The second kappa shape index (κ2) is 7.01. The molecule has 0 aliphatic carbocycles. The van der Waals surface area contributed by atoms with Gasteiger partial charge in [0, 0.05) is 23.4 Å². The zero-order valence-corrected chi connectivity index (χ0v) is 14.9.